The Balaban J connectivity index is 1.41. The van der Waals surface area contributed by atoms with Gasteiger partial charge in [-0.05, 0) is 80.6 Å². The van der Waals surface area contributed by atoms with Gasteiger partial charge in [-0.1, -0.05) is 50.3 Å². The van der Waals surface area contributed by atoms with Crippen molar-refractivity contribution in [2.45, 2.75) is 102 Å². The predicted octanol–water partition coefficient (Wildman–Crippen LogP) is 5.08. The minimum atomic E-state index is -0.911. The van der Waals surface area contributed by atoms with Gasteiger partial charge in [-0.3, -0.25) is 0 Å². The number of fused-ring (bicyclic) bond motifs is 4. The van der Waals surface area contributed by atoms with E-state index in [2.05, 4.69) is 44.7 Å². The lowest BCUT2D eigenvalue weighted by Gasteiger charge is -2.58. The highest BCUT2D eigenvalue weighted by Gasteiger charge is 2.63. The van der Waals surface area contributed by atoms with Crippen LogP contribution in [0.15, 0.2) is 35.4 Å². The van der Waals surface area contributed by atoms with E-state index in [1.54, 1.807) is 0 Å². The van der Waals surface area contributed by atoms with Crippen molar-refractivity contribution in [2.24, 2.45) is 22.7 Å². The van der Waals surface area contributed by atoms with Gasteiger partial charge < -0.3 is 24.8 Å². The normalized spacial score (nSPS) is 41.1. The average Bonchev–Trinajstić information content (AvgIpc) is 3.12. The fraction of sp³-hybridized carbons (Fsp3) is 0.697. The van der Waals surface area contributed by atoms with Gasteiger partial charge >= 0.3 is 0 Å². The summed E-state index contributed by atoms with van der Waals surface area (Å²) in [5.41, 5.74) is 2.98. The summed E-state index contributed by atoms with van der Waals surface area (Å²) in [5.74, 6) is 6.00. The Hall–Kier alpha value is -1.68. The lowest BCUT2D eigenvalue weighted by Crippen LogP contribution is -2.58. The molecule has 0 radical (unpaired) electrons. The molecule has 1 saturated heterocycles. The molecule has 6 rings (SSSR count). The number of hydrogen-bond donors (Lipinski definition) is 3. The number of aliphatic hydroxyl groups excluding tert-OH is 1. The molecule has 3 N–H and O–H groups in total. The number of aliphatic hydroxyl groups is 3. The van der Waals surface area contributed by atoms with E-state index in [9.17, 15) is 10.2 Å². The van der Waals surface area contributed by atoms with Gasteiger partial charge in [0.15, 0.2) is 5.79 Å². The Morgan fingerprint density at radius 3 is 2.34 bits per heavy atom. The van der Waals surface area contributed by atoms with Crippen LogP contribution in [-0.4, -0.2) is 52.1 Å². The van der Waals surface area contributed by atoms with Crippen LogP contribution in [0.1, 0.15) is 96.1 Å². The second-order valence-corrected chi connectivity index (χ2v) is 14.1. The van der Waals surface area contributed by atoms with Crippen molar-refractivity contribution in [1.29, 1.82) is 0 Å². The topological polar surface area (TPSA) is 79.2 Å². The van der Waals surface area contributed by atoms with Gasteiger partial charge in [-0.2, -0.15) is 0 Å². The van der Waals surface area contributed by atoms with Gasteiger partial charge in [0.1, 0.15) is 6.61 Å². The summed E-state index contributed by atoms with van der Waals surface area (Å²) < 4.78 is 12.7. The molecule has 0 aromatic heterocycles. The molecule has 1 heterocycles. The molecular weight excluding hydrogens is 476 g/mol. The van der Waals surface area contributed by atoms with Crippen LogP contribution in [0, 0.1) is 34.5 Å². The smallest absolute Gasteiger partial charge is 0.171 e. The summed E-state index contributed by atoms with van der Waals surface area (Å²) >= 11 is 0. The zero-order valence-electron chi connectivity index (χ0n) is 23.5. The molecule has 206 valence electrons. The van der Waals surface area contributed by atoms with Gasteiger partial charge in [0.05, 0.1) is 24.4 Å². The second kappa shape index (κ2) is 8.91. The van der Waals surface area contributed by atoms with Gasteiger partial charge in [0.25, 0.3) is 0 Å². The molecular formula is C33H44O5. The van der Waals surface area contributed by atoms with Crippen LogP contribution >= 0.6 is 0 Å². The van der Waals surface area contributed by atoms with E-state index in [0.717, 1.165) is 50.5 Å². The molecule has 3 saturated carbocycles. The minimum Gasteiger partial charge on any atom is -0.390 e. The van der Waals surface area contributed by atoms with Crippen LogP contribution in [0.3, 0.4) is 0 Å². The number of hydrogen-bond acceptors (Lipinski definition) is 5. The van der Waals surface area contributed by atoms with Gasteiger partial charge in [0, 0.05) is 35.2 Å². The Morgan fingerprint density at radius 2 is 1.66 bits per heavy atom. The second-order valence-electron chi connectivity index (χ2n) is 14.1. The Labute approximate surface area is 227 Å². The third-order valence-electron chi connectivity index (χ3n) is 11.1. The van der Waals surface area contributed by atoms with Crippen molar-refractivity contribution in [1.82, 2.24) is 0 Å². The van der Waals surface area contributed by atoms with Gasteiger partial charge in [-0.25, -0.2) is 0 Å². The first-order valence-electron chi connectivity index (χ1n) is 14.6. The first kappa shape index (κ1) is 26.5. The van der Waals surface area contributed by atoms with Crippen LogP contribution in [0.4, 0.5) is 0 Å². The summed E-state index contributed by atoms with van der Waals surface area (Å²) in [5, 5.41) is 33.0. The van der Waals surface area contributed by atoms with Crippen molar-refractivity contribution in [3.63, 3.8) is 0 Å². The molecule has 4 fully saturated rings. The Morgan fingerprint density at radius 1 is 0.947 bits per heavy atom. The fourth-order valence-electron chi connectivity index (χ4n) is 8.71. The van der Waals surface area contributed by atoms with E-state index in [1.165, 1.54) is 16.7 Å². The Bertz CT molecular complexity index is 1170. The van der Waals surface area contributed by atoms with E-state index >= 15 is 0 Å². The van der Waals surface area contributed by atoms with Crippen molar-refractivity contribution >= 4 is 0 Å². The molecule has 6 atom stereocenters. The van der Waals surface area contributed by atoms with Crippen LogP contribution < -0.4 is 0 Å². The van der Waals surface area contributed by atoms with Crippen molar-refractivity contribution in [3.05, 3.63) is 46.5 Å². The van der Waals surface area contributed by atoms with Gasteiger partial charge in [0.2, 0.25) is 0 Å². The highest BCUT2D eigenvalue weighted by molar-refractivity contribution is 5.46. The summed E-state index contributed by atoms with van der Waals surface area (Å²) in [4.78, 5) is 0. The first-order chi connectivity index (χ1) is 17.9. The van der Waals surface area contributed by atoms with E-state index in [1.807, 2.05) is 19.1 Å². The highest BCUT2D eigenvalue weighted by Crippen LogP contribution is 2.67. The third-order valence-corrected chi connectivity index (χ3v) is 11.1. The highest BCUT2D eigenvalue weighted by atomic mass is 16.7. The van der Waals surface area contributed by atoms with E-state index in [-0.39, 0.29) is 23.4 Å². The number of allylic oxidation sites excluding steroid dienone is 1. The lowest BCUT2D eigenvalue weighted by molar-refractivity contribution is -0.322. The summed E-state index contributed by atoms with van der Waals surface area (Å²) in [6.45, 7) is 9.83. The quantitative estimate of drug-likeness (QED) is 0.356. The van der Waals surface area contributed by atoms with E-state index in [4.69, 9.17) is 14.6 Å². The maximum atomic E-state index is 12.3. The molecule has 5 heteroatoms. The maximum absolute atomic E-state index is 12.3. The van der Waals surface area contributed by atoms with Crippen LogP contribution in [0.2, 0.25) is 0 Å². The lowest BCUT2D eigenvalue weighted by atomic mass is 9.50. The number of rotatable bonds is 1. The molecule has 1 aliphatic heterocycles. The molecule has 6 unspecified atom stereocenters. The van der Waals surface area contributed by atoms with Crippen molar-refractivity contribution < 1.29 is 24.8 Å². The fourth-order valence-corrected chi connectivity index (χ4v) is 8.71. The molecule has 5 nitrogen and oxygen atoms in total. The standard InChI is InChI=1S/C33H44O5/c1-29(2)20-37-33(38-21-29)16-13-27-28-24(11-15-32(27,36)19-33)26-12-14-31(4,35)30(26,3)18-25(28)23-9-7-22(8-10-23)6-5-17-34/h7-10,24-26,34-36H,11-21H2,1-4H3. The zero-order valence-corrected chi connectivity index (χ0v) is 23.5. The molecule has 38 heavy (non-hydrogen) atoms. The molecule has 1 aromatic carbocycles. The minimum absolute atomic E-state index is 0.00364. The third kappa shape index (κ3) is 4.11. The molecule has 4 aliphatic carbocycles. The number of ether oxygens (including phenoxy) is 2. The largest absolute Gasteiger partial charge is 0.390 e. The molecule has 1 spiro atoms. The Kier molecular flexibility index (Phi) is 6.22. The maximum Gasteiger partial charge on any atom is 0.171 e. The number of benzene rings is 1. The van der Waals surface area contributed by atoms with E-state index in [0.29, 0.717) is 31.5 Å². The molecule has 1 aromatic rings. The molecule has 5 aliphatic rings. The average molecular weight is 521 g/mol. The first-order valence-corrected chi connectivity index (χ1v) is 14.6. The van der Waals surface area contributed by atoms with E-state index < -0.39 is 17.0 Å². The summed E-state index contributed by atoms with van der Waals surface area (Å²) in [6.07, 6.45) is 6.48. The summed E-state index contributed by atoms with van der Waals surface area (Å²) in [6, 6.07) is 8.40. The van der Waals surface area contributed by atoms with Crippen LogP contribution in [0.5, 0.6) is 0 Å². The predicted molar refractivity (Wildman–Crippen MR) is 146 cm³/mol. The monoisotopic (exact) mass is 520 g/mol. The van der Waals surface area contributed by atoms with Crippen molar-refractivity contribution in [2.75, 3.05) is 19.8 Å². The SMILES string of the molecule is CC1(C)COC2(CCC3=C4C(c5ccc(C#CCO)cc5)CC5(C)C(CCC5(C)O)C4CCC3(O)C2)OC1. The van der Waals surface area contributed by atoms with Gasteiger partial charge in [-0.15, -0.1) is 0 Å². The molecule has 0 bridgehead atoms. The summed E-state index contributed by atoms with van der Waals surface area (Å²) in [7, 11) is 0. The van der Waals surface area contributed by atoms with Crippen molar-refractivity contribution in [3.8, 4) is 11.8 Å². The van der Waals surface area contributed by atoms with Crippen LogP contribution in [0.25, 0.3) is 0 Å². The van der Waals surface area contributed by atoms with Crippen LogP contribution in [-0.2, 0) is 9.47 Å². The zero-order chi connectivity index (χ0) is 27.0. The molecule has 0 amide bonds.